The third-order valence-electron chi connectivity index (χ3n) is 3.85. The second kappa shape index (κ2) is 9.72. The van der Waals surface area contributed by atoms with Gasteiger partial charge in [-0.2, -0.15) is 8.78 Å². The molecule has 0 saturated heterocycles. The van der Waals surface area contributed by atoms with Crippen LogP contribution in [0.3, 0.4) is 0 Å². The van der Waals surface area contributed by atoms with E-state index in [0.717, 1.165) is 37.8 Å². The molecule has 120 valence electrons. The van der Waals surface area contributed by atoms with Crippen molar-refractivity contribution in [3.8, 4) is 5.75 Å². The Balaban J connectivity index is 2.85. The van der Waals surface area contributed by atoms with Crippen LogP contribution >= 0.6 is 0 Å². The van der Waals surface area contributed by atoms with E-state index in [1.54, 1.807) is 18.2 Å². The van der Waals surface area contributed by atoms with E-state index in [-0.39, 0.29) is 11.8 Å². The molecule has 0 amide bonds. The molecule has 0 radical (unpaired) electrons. The Morgan fingerprint density at radius 2 is 1.86 bits per heavy atom. The first kappa shape index (κ1) is 17.9. The monoisotopic (exact) mass is 299 g/mol. The molecule has 0 aromatic heterocycles. The minimum atomic E-state index is -2.78. The van der Waals surface area contributed by atoms with Gasteiger partial charge >= 0.3 is 6.61 Å². The minimum absolute atomic E-state index is 0.191. The van der Waals surface area contributed by atoms with Crippen LogP contribution in [0.2, 0.25) is 0 Å². The lowest BCUT2D eigenvalue weighted by Crippen LogP contribution is -2.24. The second-order valence-corrected chi connectivity index (χ2v) is 5.38. The predicted molar refractivity (Wildman–Crippen MR) is 82.8 cm³/mol. The number of nitrogens with one attached hydrogen (secondary N) is 1. The molecule has 0 saturated carbocycles. The van der Waals surface area contributed by atoms with Crippen LogP contribution in [-0.4, -0.2) is 13.2 Å². The van der Waals surface area contributed by atoms with Gasteiger partial charge in [0, 0.05) is 6.04 Å². The van der Waals surface area contributed by atoms with Crippen molar-refractivity contribution in [2.75, 3.05) is 6.54 Å². The number of hydrogen-bond donors (Lipinski definition) is 1. The van der Waals surface area contributed by atoms with Crippen molar-refractivity contribution in [3.05, 3.63) is 29.8 Å². The van der Waals surface area contributed by atoms with Crippen molar-refractivity contribution < 1.29 is 13.5 Å². The molecule has 1 aromatic carbocycles. The SMILES string of the molecule is CCCNC(CC(CC)CC)c1cccc(OC(F)F)c1. The van der Waals surface area contributed by atoms with E-state index in [9.17, 15) is 8.78 Å². The summed E-state index contributed by atoms with van der Waals surface area (Å²) in [5.74, 6) is 0.870. The van der Waals surface area contributed by atoms with Crippen molar-refractivity contribution in [2.45, 2.75) is 59.1 Å². The average molecular weight is 299 g/mol. The smallest absolute Gasteiger partial charge is 0.387 e. The molecule has 4 heteroatoms. The fraction of sp³-hybridized carbons (Fsp3) is 0.647. The molecule has 0 aliphatic rings. The predicted octanol–water partition coefficient (Wildman–Crippen LogP) is 5.16. The maximum Gasteiger partial charge on any atom is 0.387 e. The molecule has 1 aromatic rings. The Labute approximate surface area is 126 Å². The van der Waals surface area contributed by atoms with E-state index in [1.807, 2.05) is 6.07 Å². The van der Waals surface area contributed by atoms with Crippen molar-refractivity contribution in [1.82, 2.24) is 5.32 Å². The van der Waals surface area contributed by atoms with E-state index in [2.05, 4.69) is 30.8 Å². The van der Waals surface area contributed by atoms with Gasteiger partial charge in [-0.1, -0.05) is 45.7 Å². The first-order valence-electron chi connectivity index (χ1n) is 7.88. The van der Waals surface area contributed by atoms with Gasteiger partial charge in [0.05, 0.1) is 0 Å². The zero-order valence-electron chi connectivity index (χ0n) is 13.2. The Morgan fingerprint density at radius 3 is 2.43 bits per heavy atom. The highest BCUT2D eigenvalue weighted by Gasteiger charge is 2.16. The number of hydrogen-bond acceptors (Lipinski definition) is 2. The van der Waals surface area contributed by atoms with Gasteiger partial charge in [-0.15, -0.1) is 0 Å². The highest BCUT2D eigenvalue weighted by atomic mass is 19.3. The third-order valence-corrected chi connectivity index (χ3v) is 3.85. The molecule has 0 aliphatic heterocycles. The van der Waals surface area contributed by atoms with Crippen LogP contribution in [0.1, 0.15) is 58.1 Å². The van der Waals surface area contributed by atoms with E-state index >= 15 is 0 Å². The van der Waals surface area contributed by atoms with Gasteiger partial charge in [0.15, 0.2) is 0 Å². The lowest BCUT2D eigenvalue weighted by atomic mass is 9.91. The van der Waals surface area contributed by atoms with Gasteiger partial charge in [-0.3, -0.25) is 0 Å². The first-order valence-corrected chi connectivity index (χ1v) is 7.88. The number of ether oxygens (including phenoxy) is 1. The normalized spacial score (nSPS) is 12.9. The Hall–Kier alpha value is -1.16. The summed E-state index contributed by atoms with van der Waals surface area (Å²) >= 11 is 0. The lowest BCUT2D eigenvalue weighted by Gasteiger charge is -2.24. The molecule has 0 spiro atoms. The van der Waals surface area contributed by atoms with Gasteiger partial charge < -0.3 is 10.1 Å². The maximum absolute atomic E-state index is 12.3. The summed E-state index contributed by atoms with van der Waals surface area (Å²) in [4.78, 5) is 0. The quantitative estimate of drug-likeness (QED) is 0.644. The highest BCUT2D eigenvalue weighted by molar-refractivity contribution is 5.30. The number of halogens is 2. The van der Waals surface area contributed by atoms with E-state index < -0.39 is 6.61 Å². The number of benzene rings is 1. The van der Waals surface area contributed by atoms with E-state index in [0.29, 0.717) is 5.92 Å². The van der Waals surface area contributed by atoms with Crippen LogP contribution in [0.4, 0.5) is 8.78 Å². The standard InChI is InChI=1S/C17H27F2NO/c1-4-10-20-16(11-13(5-2)6-3)14-8-7-9-15(12-14)21-17(18)19/h7-9,12-13,16-17,20H,4-6,10-11H2,1-3H3. The van der Waals surface area contributed by atoms with Gasteiger partial charge in [0.2, 0.25) is 0 Å². The Morgan fingerprint density at radius 1 is 1.14 bits per heavy atom. The third kappa shape index (κ3) is 6.42. The average Bonchev–Trinajstić information content (AvgIpc) is 2.47. The van der Waals surface area contributed by atoms with Crippen LogP contribution in [0.15, 0.2) is 24.3 Å². The molecule has 1 atom stereocenters. The molecule has 1 unspecified atom stereocenters. The molecule has 1 rings (SSSR count). The summed E-state index contributed by atoms with van der Waals surface area (Å²) in [6, 6.07) is 7.25. The summed E-state index contributed by atoms with van der Waals surface area (Å²) in [5, 5.41) is 3.52. The maximum atomic E-state index is 12.3. The van der Waals surface area contributed by atoms with Gasteiger partial charge in [0.25, 0.3) is 0 Å². The van der Waals surface area contributed by atoms with Gasteiger partial charge in [0.1, 0.15) is 5.75 Å². The lowest BCUT2D eigenvalue weighted by molar-refractivity contribution is -0.0499. The van der Waals surface area contributed by atoms with Crippen molar-refractivity contribution >= 4 is 0 Å². The Kier molecular flexibility index (Phi) is 8.28. The van der Waals surface area contributed by atoms with Crippen molar-refractivity contribution in [3.63, 3.8) is 0 Å². The molecule has 0 bridgehead atoms. The number of rotatable bonds is 10. The summed E-state index contributed by atoms with van der Waals surface area (Å²) in [6.07, 6.45) is 4.33. The van der Waals surface area contributed by atoms with E-state index in [1.165, 1.54) is 0 Å². The largest absolute Gasteiger partial charge is 0.435 e. The minimum Gasteiger partial charge on any atom is -0.435 e. The molecule has 21 heavy (non-hydrogen) atoms. The molecule has 0 aliphatic carbocycles. The topological polar surface area (TPSA) is 21.3 Å². The van der Waals surface area contributed by atoms with E-state index in [4.69, 9.17) is 0 Å². The summed E-state index contributed by atoms with van der Waals surface area (Å²) in [5.41, 5.74) is 1.02. The molecular weight excluding hydrogens is 272 g/mol. The molecule has 1 N–H and O–H groups in total. The molecule has 0 heterocycles. The van der Waals surface area contributed by atoms with Crippen LogP contribution in [0, 0.1) is 5.92 Å². The summed E-state index contributed by atoms with van der Waals surface area (Å²) < 4.78 is 29.2. The number of alkyl halides is 2. The van der Waals surface area contributed by atoms with Crippen molar-refractivity contribution in [2.24, 2.45) is 5.92 Å². The summed E-state index contributed by atoms with van der Waals surface area (Å²) in [7, 11) is 0. The Bertz CT molecular complexity index is 394. The van der Waals surface area contributed by atoms with Crippen LogP contribution in [0.5, 0.6) is 5.75 Å². The van der Waals surface area contributed by atoms with Crippen molar-refractivity contribution in [1.29, 1.82) is 0 Å². The molecule has 2 nitrogen and oxygen atoms in total. The fourth-order valence-electron chi connectivity index (χ4n) is 2.52. The zero-order chi connectivity index (χ0) is 15.7. The van der Waals surface area contributed by atoms with Crippen LogP contribution in [0.25, 0.3) is 0 Å². The van der Waals surface area contributed by atoms with Gasteiger partial charge in [-0.25, -0.2) is 0 Å². The van der Waals surface area contributed by atoms with Crippen LogP contribution in [-0.2, 0) is 0 Å². The van der Waals surface area contributed by atoms with Crippen LogP contribution < -0.4 is 10.1 Å². The zero-order valence-corrected chi connectivity index (χ0v) is 13.2. The first-order chi connectivity index (χ1) is 10.1. The second-order valence-electron chi connectivity index (χ2n) is 5.38. The fourth-order valence-corrected chi connectivity index (χ4v) is 2.52. The molecule has 0 fully saturated rings. The summed E-state index contributed by atoms with van der Waals surface area (Å²) in [6.45, 7) is 4.66. The highest BCUT2D eigenvalue weighted by Crippen LogP contribution is 2.28. The molecular formula is C17H27F2NO. The van der Waals surface area contributed by atoms with Gasteiger partial charge in [-0.05, 0) is 43.0 Å².